The fourth-order valence-corrected chi connectivity index (χ4v) is 2.75. The number of nitrogens with zero attached hydrogens (tertiary/aromatic N) is 1. The van der Waals surface area contributed by atoms with Gasteiger partial charge in [0.25, 0.3) is 5.91 Å². The molecule has 116 valence electrons. The first-order valence-electron chi connectivity index (χ1n) is 7.20. The Bertz CT molecular complexity index is 847. The molecule has 1 aromatic heterocycles. The minimum absolute atomic E-state index is 0.176. The number of amides is 1. The molecular formula is C18H14Cl2N2O. The zero-order valence-electron chi connectivity index (χ0n) is 12.2. The molecule has 0 fully saturated rings. The molecule has 3 aromatic rings. The molecule has 3 rings (SSSR count). The van der Waals surface area contributed by atoms with Crippen LogP contribution in [0.5, 0.6) is 0 Å². The fraction of sp³-hybridized carbons (Fsp3) is 0.111. The summed E-state index contributed by atoms with van der Waals surface area (Å²) >= 11 is 11.9. The monoisotopic (exact) mass is 344 g/mol. The van der Waals surface area contributed by atoms with E-state index in [1.54, 1.807) is 18.3 Å². The second-order valence-electron chi connectivity index (χ2n) is 5.16. The smallest absolute Gasteiger partial charge is 0.253 e. The lowest BCUT2D eigenvalue weighted by molar-refractivity contribution is 0.0955. The molecule has 1 N–H and O–H groups in total. The number of nitrogens with one attached hydrogen (secondary N) is 1. The third-order valence-electron chi connectivity index (χ3n) is 3.53. The molecule has 3 nitrogen and oxygen atoms in total. The van der Waals surface area contributed by atoms with Gasteiger partial charge in [-0.1, -0.05) is 41.4 Å². The van der Waals surface area contributed by atoms with E-state index < -0.39 is 0 Å². The maximum absolute atomic E-state index is 12.4. The van der Waals surface area contributed by atoms with Crippen molar-refractivity contribution in [3.8, 4) is 0 Å². The van der Waals surface area contributed by atoms with Crippen LogP contribution in [0.15, 0.2) is 54.7 Å². The summed E-state index contributed by atoms with van der Waals surface area (Å²) < 4.78 is 0. The van der Waals surface area contributed by atoms with Crippen molar-refractivity contribution in [2.75, 3.05) is 6.54 Å². The number of hydrogen-bond donors (Lipinski definition) is 1. The first-order chi connectivity index (χ1) is 11.1. The topological polar surface area (TPSA) is 42.0 Å². The summed E-state index contributed by atoms with van der Waals surface area (Å²) in [5.41, 5.74) is 2.26. The lowest BCUT2D eigenvalue weighted by Gasteiger charge is -2.08. The molecule has 0 atom stereocenters. The van der Waals surface area contributed by atoms with E-state index in [0.29, 0.717) is 27.7 Å². The van der Waals surface area contributed by atoms with Crippen molar-refractivity contribution in [1.29, 1.82) is 0 Å². The molecule has 0 unspecified atom stereocenters. The summed E-state index contributed by atoms with van der Waals surface area (Å²) in [7, 11) is 0. The Labute approximate surface area is 144 Å². The Morgan fingerprint density at radius 1 is 1.04 bits per heavy atom. The minimum Gasteiger partial charge on any atom is -0.352 e. The molecule has 5 heteroatoms. The number of aromatic nitrogens is 1. The number of hydrogen-bond acceptors (Lipinski definition) is 2. The molecule has 0 aliphatic rings. The lowest BCUT2D eigenvalue weighted by Crippen LogP contribution is -2.26. The number of rotatable bonds is 4. The molecule has 0 aliphatic carbocycles. The van der Waals surface area contributed by atoms with Crippen LogP contribution in [0.25, 0.3) is 10.9 Å². The Morgan fingerprint density at radius 2 is 1.83 bits per heavy atom. The summed E-state index contributed by atoms with van der Waals surface area (Å²) in [5, 5.41) is 4.99. The van der Waals surface area contributed by atoms with Crippen LogP contribution < -0.4 is 5.32 Å². The first-order valence-corrected chi connectivity index (χ1v) is 7.96. The zero-order chi connectivity index (χ0) is 16.2. The quantitative estimate of drug-likeness (QED) is 0.756. The maximum Gasteiger partial charge on any atom is 0.253 e. The number of halogens is 2. The van der Waals surface area contributed by atoms with Crippen molar-refractivity contribution in [1.82, 2.24) is 10.3 Å². The highest BCUT2D eigenvalue weighted by Crippen LogP contribution is 2.22. The number of carbonyl (C=O) groups is 1. The maximum atomic E-state index is 12.4. The van der Waals surface area contributed by atoms with E-state index >= 15 is 0 Å². The fourth-order valence-electron chi connectivity index (χ4n) is 2.40. The highest BCUT2D eigenvalue weighted by Gasteiger charge is 2.12. The van der Waals surface area contributed by atoms with Crippen LogP contribution in [0.4, 0.5) is 0 Å². The van der Waals surface area contributed by atoms with Crippen molar-refractivity contribution in [2.45, 2.75) is 6.42 Å². The number of fused-ring (bicyclic) bond motifs is 1. The van der Waals surface area contributed by atoms with E-state index in [9.17, 15) is 4.79 Å². The molecule has 0 saturated carbocycles. The second kappa shape index (κ2) is 6.99. The van der Waals surface area contributed by atoms with Crippen LogP contribution in [0.2, 0.25) is 10.0 Å². The van der Waals surface area contributed by atoms with Gasteiger partial charge in [0.2, 0.25) is 0 Å². The van der Waals surface area contributed by atoms with Crippen molar-refractivity contribution in [3.05, 3.63) is 75.9 Å². The average molecular weight is 345 g/mol. The van der Waals surface area contributed by atoms with Gasteiger partial charge in [-0.15, -0.1) is 0 Å². The van der Waals surface area contributed by atoms with Crippen molar-refractivity contribution in [3.63, 3.8) is 0 Å². The Kier molecular flexibility index (Phi) is 4.79. The summed E-state index contributed by atoms with van der Waals surface area (Å²) in [6.45, 7) is 0.529. The van der Waals surface area contributed by atoms with E-state index in [2.05, 4.69) is 10.3 Å². The molecule has 23 heavy (non-hydrogen) atoms. The van der Waals surface area contributed by atoms with Crippen LogP contribution in [0.1, 0.15) is 15.9 Å². The van der Waals surface area contributed by atoms with Crippen molar-refractivity contribution in [2.24, 2.45) is 0 Å². The van der Waals surface area contributed by atoms with Gasteiger partial charge in [-0.3, -0.25) is 9.78 Å². The molecule has 0 bridgehead atoms. The lowest BCUT2D eigenvalue weighted by atomic mass is 10.1. The standard InChI is InChI=1S/C18H14Cl2N2O/c19-14-5-3-12(4-6-14)7-9-22-18(23)16-11-15(20)10-13-2-1-8-21-17(13)16/h1-6,8,10-11H,7,9H2,(H,22,23). The molecule has 0 radical (unpaired) electrons. The van der Waals surface area contributed by atoms with Crippen LogP contribution in [0, 0.1) is 0 Å². The van der Waals surface area contributed by atoms with Gasteiger partial charge in [0.1, 0.15) is 0 Å². The van der Waals surface area contributed by atoms with Gasteiger partial charge in [-0.25, -0.2) is 0 Å². The SMILES string of the molecule is O=C(NCCc1ccc(Cl)cc1)c1cc(Cl)cc2cccnc12. The first kappa shape index (κ1) is 15.8. The van der Waals surface area contributed by atoms with Crippen molar-refractivity contribution >= 4 is 40.0 Å². The summed E-state index contributed by atoms with van der Waals surface area (Å²) in [4.78, 5) is 16.7. The van der Waals surface area contributed by atoms with Crippen molar-refractivity contribution < 1.29 is 4.79 Å². The number of pyridine rings is 1. The minimum atomic E-state index is -0.176. The molecule has 0 spiro atoms. The van der Waals surface area contributed by atoms with Gasteiger partial charge >= 0.3 is 0 Å². The predicted molar refractivity (Wildman–Crippen MR) is 94.2 cm³/mol. The highest BCUT2D eigenvalue weighted by molar-refractivity contribution is 6.32. The molecule has 0 saturated heterocycles. The Morgan fingerprint density at radius 3 is 2.61 bits per heavy atom. The third kappa shape index (κ3) is 3.81. The van der Waals surface area contributed by atoms with Crippen LogP contribution in [-0.4, -0.2) is 17.4 Å². The predicted octanol–water partition coefficient (Wildman–Crippen LogP) is 4.51. The van der Waals surface area contributed by atoms with Gasteiger partial charge in [0.15, 0.2) is 0 Å². The van der Waals surface area contributed by atoms with Gasteiger partial charge < -0.3 is 5.32 Å². The molecule has 2 aromatic carbocycles. The van der Waals surface area contributed by atoms with Gasteiger partial charge in [-0.2, -0.15) is 0 Å². The van der Waals surface area contributed by atoms with Gasteiger partial charge in [0, 0.05) is 28.2 Å². The normalized spacial score (nSPS) is 10.7. The Balaban J connectivity index is 1.72. The number of benzene rings is 2. The van der Waals surface area contributed by atoms with E-state index in [-0.39, 0.29) is 5.91 Å². The van der Waals surface area contributed by atoms with E-state index in [4.69, 9.17) is 23.2 Å². The molecule has 0 aliphatic heterocycles. The number of carbonyl (C=O) groups excluding carboxylic acids is 1. The second-order valence-corrected chi connectivity index (χ2v) is 6.03. The summed E-state index contributed by atoms with van der Waals surface area (Å²) in [5.74, 6) is -0.176. The van der Waals surface area contributed by atoms with Crippen LogP contribution >= 0.6 is 23.2 Å². The average Bonchev–Trinajstić information content (AvgIpc) is 2.55. The summed E-state index contributed by atoms with van der Waals surface area (Å²) in [6.07, 6.45) is 2.40. The van der Waals surface area contributed by atoms with E-state index in [1.807, 2.05) is 36.4 Å². The molecule has 1 amide bonds. The largest absolute Gasteiger partial charge is 0.352 e. The molecule has 1 heterocycles. The Hall–Kier alpha value is -2.10. The van der Waals surface area contributed by atoms with Crippen LogP contribution in [0.3, 0.4) is 0 Å². The van der Waals surface area contributed by atoms with E-state index in [0.717, 1.165) is 17.4 Å². The highest BCUT2D eigenvalue weighted by atomic mass is 35.5. The molecular weight excluding hydrogens is 331 g/mol. The summed E-state index contributed by atoms with van der Waals surface area (Å²) in [6, 6.07) is 14.7. The van der Waals surface area contributed by atoms with E-state index in [1.165, 1.54) is 0 Å². The van der Waals surface area contributed by atoms with Gasteiger partial charge in [0.05, 0.1) is 11.1 Å². The van der Waals surface area contributed by atoms with Crippen LogP contribution in [-0.2, 0) is 6.42 Å². The zero-order valence-corrected chi connectivity index (χ0v) is 13.7. The van der Waals surface area contributed by atoms with Gasteiger partial charge in [-0.05, 0) is 42.3 Å². The third-order valence-corrected chi connectivity index (χ3v) is 4.00.